The van der Waals surface area contributed by atoms with Crippen LogP contribution < -0.4 is 5.73 Å². The lowest BCUT2D eigenvalue weighted by Gasteiger charge is -2.13. The average molecular weight is 194 g/mol. The van der Waals surface area contributed by atoms with Gasteiger partial charge in [0.2, 0.25) is 0 Å². The van der Waals surface area contributed by atoms with E-state index in [1.165, 1.54) is 12.8 Å². The Balaban J connectivity index is 2.03. The Hall–Kier alpha value is -0.900. The molecule has 0 radical (unpaired) electrons. The van der Waals surface area contributed by atoms with E-state index in [2.05, 4.69) is 28.6 Å². The van der Waals surface area contributed by atoms with Crippen LogP contribution in [-0.4, -0.2) is 20.8 Å². The Morgan fingerprint density at radius 3 is 2.86 bits per heavy atom. The summed E-state index contributed by atoms with van der Waals surface area (Å²) in [6, 6.07) is 0.697. The van der Waals surface area contributed by atoms with Crippen LogP contribution in [0.2, 0.25) is 0 Å². The van der Waals surface area contributed by atoms with Crippen molar-refractivity contribution in [2.45, 2.75) is 45.2 Å². The molecule has 0 saturated heterocycles. The second kappa shape index (κ2) is 3.69. The van der Waals surface area contributed by atoms with E-state index in [1.54, 1.807) is 6.33 Å². The molecule has 1 aliphatic rings. The highest BCUT2D eigenvalue weighted by Gasteiger charge is 2.29. The van der Waals surface area contributed by atoms with Crippen LogP contribution in [0, 0.1) is 5.92 Å². The van der Waals surface area contributed by atoms with E-state index in [0.29, 0.717) is 6.04 Å². The van der Waals surface area contributed by atoms with Gasteiger partial charge in [0.25, 0.3) is 0 Å². The van der Waals surface area contributed by atoms with Crippen LogP contribution in [0.15, 0.2) is 6.33 Å². The summed E-state index contributed by atoms with van der Waals surface area (Å²) in [5, 5.41) is 8.05. The fourth-order valence-corrected chi connectivity index (χ4v) is 1.75. The molecule has 1 fully saturated rings. The second-order valence-electron chi connectivity index (χ2n) is 4.45. The monoisotopic (exact) mass is 194 g/mol. The van der Waals surface area contributed by atoms with Gasteiger partial charge in [-0.2, -0.15) is 0 Å². The molecule has 14 heavy (non-hydrogen) atoms. The smallest absolute Gasteiger partial charge is 0.134 e. The molecule has 78 valence electrons. The van der Waals surface area contributed by atoms with Gasteiger partial charge in [-0.05, 0) is 32.6 Å². The number of rotatable bonds is 4. The van der Waals surface area contributed by atoms with E-state index in [-0.39, 0.29) is 6.04 Å². The summed E-state index contributed by atoms with van der Waals surface area (Å²) in [7, 11) is 0. The van der Waals surface area contributed by atoms with Crippen molar-refractivity contribution in [1.82, 2.24) is 14.8 Å². The Bertz CT molecular complexity index is 301. The third-order valence-corrected chi connectivity index (χ3v) is 2.85. The van der Waals surface area contributed by atoms with Gasteiger partial charge in [0.1, 0.15) is 12.2 Å². The van der Waals surface area contributed by atoms with Crippen molar-refractivity contribution in [3.05, 3.63) is 12.2 Å². The molecule has 1 aromatic rings. The van der Waals surface area contributed by atoms with Crippen molar-refractivity contribution in [2.24, 2.45) is 11.7 Å². The molecule has 4 heteroatoms. The number of hydrogen-bond donors (Lipinski definition) is 1. The van der Waals surface area contributed by atoms with Gasteiger partial charge in [-0.1, -0.05) is 0 Å². The van der Waals surface area contributed by atoms with Gasteiger partial charge < -0.3 is 10.3 Å². The zero-order valence-corrected chi connectivity index (χ0v) is 8.85. The number of hydrogen-bond acceptors (Lipinski definition) is 3. The maximum atomic E-state index is 6.06. The van der Waals surface area contributed by atoms with E-state index in [0.717, 1.165) is 18.2 Å². The molecular formula is C10H18N4. The number of aromatic nitrogens is 3. The van der Waals surface area contributed by atoms with E-state index in [9.17, 15) is 0 Å². The Morgan fingerprint density at radius 2 is 2.29 bits per heavy atom. The molecule has 1 aliphatic carbocycles. The zero-order valence-electron chi connectivity index (χ0n) is 8.85. The van der Waals surface area contributed by atoms with Crippen molar-refractivity contribution in [3.63, 3.8) is 0 Å². The first-order valence-electron chi connectivity index (χ1n) is 5.32. The van der Waals surface area contributed by atoms with Gasteiger partial charge in [-0.25, -0.2) is 0 Å². The minimum Gasteiger partial charge on any atom is -0.327 e. The fraction of sp³-hybridized carbons (Fsp3) is 0.800. The van der Waals surface area contributed by atoms with Gasteiger partial charge in [-0.3, -0.25) is 0 Å². The van der Waals surface area contributed by atoms with Crippen LogP contribution in [0.1, 0.15) is 38.6 Å². The lowest BCUT2D eigenvalue weighted by molar-refractivity contribution is 0.518. The normalized spacial score (nSPS) is 18.9. The average Bonchev–Trinajstić information content (AvgIpc) is 2.87. The van der Waals surface area contributed by atoms with E-state index in [1.807, 2.05) is 0 Å². The maximum absolute atomic E-state index is 6.06. The molecule has 1 atom stereocenters. The highest BCUT2D eigenvalue weighted by Crippen LogP contribution is 2.32. The number of nitrogens with two attached hydrogens (primary N) is 1. The summed E-state index contributed by atoms with van der Waals surface area (Å²) >= 11 is 0. The summed E-state index contributed by atoms with van der Waals surface area (Å²) in [5.41, 5.74) is 6.06. The Kier molecular flexibility index (Phi) is 2.54. The van der Waals surface area contributed by atoms with Crippen LogP contribution in [-0.2, 0) is 6.42 Å². The number of nitrogens with zero attached hydrogens (tertiary/aromatic N) is 3. The molecule has 1 aromatic heterocycles. The third-order valence-electron chi connectivity index (χ3n) is 2.85. The molecule has 1 unspecified atom stereocenters. The molecule has 0 aliphatic heterocycles. The first kappa shape index (κ1) is 9.65. The van der Waals surface area contributed by atoms with Crippen LogP contribution in [0.5, 0.6) is 0 Å². The largest absolute Gasteiger partial charge is 0.327 e. The third kappa shape index (κ3) is 1.95. The molecule has 1 saturated carbocycles. The molecule has 0 spiro atoms. The molecular weight excluding hydrogens is 176 g/mol. The standard InChI is InChI=1S/C10H18N4/c1-7(2)14-6-12-13-10(14)5-9(11)8-3-4-8/h6-9H,3-5,11H2,1-2H3. The lowest BCUT2D eigenvalue weighted by Crippen LogP contribution is -2.27. The first-order chi connectivity index (χ1) is 6.68. The summed E-state index contributed by atoms with van der Waals surface area (Å²) in [4.78, 5) is 0. The Labute approximate surface area is 84.5 Å². The van der Waals surface area contributed by atoms with E-state index in [4.69, 9.17) is 5.73 Å². The van der Waals surface area contributed by atoms with Gasteiger partial charge in [-0.15, -0.1) is 10.2 Å². The van der Waals surface area contributed by atoms with Crippen LogP contribution in [0.3, 0.4) is 0 Å². The van der Waals surface area contributed by atoms with E-state index >= 15 is 0 Å². The van der Waals surface area contributed by atoms with Crippen molar-refractivity contribution in [3.8, 4) is 0 Å². The topological polar surface area (TPSA) is 56.7 Å². The summed E-state index contributed by atoms with van der Waals surface area (Å²) < 4.78 is 2.10. The fourth-order valence-electron chi connectivity index (χ4n) is 1.75. The Morgan fingerprint density at radius 1 is 1.57 bits per heavy atom. The lowest BCUT2D eigenvalue weighted by atomic mass is 10.1. The molecule has 2 N–H and O–H groups in total. The first-order valence-corrected chi connectivity index (χ1v) is 5.32. The van der Waals surface area contributed by atoms with Crippen molar-refractivity contribution in [1.29, 1.82) is 0 Å². The predicted molar refractivity (Wildman–Crippen MR) is 54.8 cm³/mol. The summed E-state index contributed by atoms with van der Waals surface area (Å²) in [6.45, 7) is 4.27. The predicted octanol–water partition coefficient (Wildman–Crippen LogP) is 1.14. The minimum absolute atomic E-state index is 0.275. The molecule has 1 heterocycles. The zero-order chi connectivity index (χ0) is 10.1. The van der Waals surface area contributed by atoms with Crippen LogP contribution in [0.4, 0.5) is 0 Å². The van der Waals surface area contributed by atoms with Crippen LogP contribution in [0.25, 0.3) is 0 Å². The van der Waals surface area contributed by atoms with Crippen molar-refractivity contribution >= 4 is 0 Å². The summed E-state index contributed by atoms with van der Waals surface area (Å²) in [6.07, 6.45) is 5.23. The van der Waals surface area contributed by atoms with Gasteiger partial charge in [0, 0.05) is 18.5 Å². The van der Waals surface area contributed by atoms with Crippen molar-refractivity contribution in [2.75, 3.05) is 0 Å². The molecule has 4 nitrogen and oxygen atoms in total. The molecule has 2 rings (SSSR count). The van der Waals surface area contributed by atoms with Gasteiger partial charge in [0.05, 0.1) is 0 Å². The van der Waals surface area contributed by atoms with Gasteiger partial charge >= 0.3 is 0 Å². The second-order valence-corrected chi connectivity index (χ2v) is 4.45. The van der Waals surface area contributed by atoms with E-state index < -0.39 is 0 Å². The van der Waals surface area contributed by atoms with Crippen molar-refractivity contribution < 1.29 is 0 Å². The molecule has 0 bridgehead atoms. The quantitative estimate of drug-likeness (QED) is 0.782. The summed E-state index contributed by atoms with van der Waals surface area (Å²) in [5.74, 6) is 1.76. The highest BCUT2D eigenvalue weighted by molar-refractivity contribution is 4.96. The highest BCUT2D eigenvalue weighted by atomic mass is 15.3. The molecule has 0 aromatic carbocycles. The maximum Gasteiger partial charge on any atom is 0.134 e. The van der Waals surface area contributed by atoms with Gasteiger partial charge in [0.15, 0.2) is 0 Å². The SMILES string of the molecule is CC(C)n1cnnc1CC(N)C1CC1. The minimum atomic E-state index is 0.275. The molecule has 0 amide bonds. The van der Waals surface area contributed by atoms with Crippen LogP contribution >= 0.6 is 0 Å².